The van der Waals surface area contributed by atoms with Crippen LogP contribution in [0.3, 0.4) is 0 Å². The molecule has 10 aromatic rings. The van der Waals surface area contributed by atoms with E-state index in [-0.39, 0.29) is 0 Å². The van der Waals surface area contributed by atoms with E-state index in [1.807, 2.05) is 24.3 Å². The van der Waals surface area contributed by atoms with Crippen molar-refractivity contribution in [3.05, 3.63) is 158 Å². The zero-order valence-corrected chi connectivity index (χ0v) is 28.2. The van der Waals surface area contributed by atoms with E-state index >= 15 is 0 Å². The van der Waals surface area contributed by atoms with Gasteiger partial charge in [-0.25, -0.2) is 19.9 Å². The first-order chi connectivity index (χ1) is 24.8. The van der Waals surface area contributed by atoms with E-state index in [0.717, 1.165) is 87.6 Å². The molecule has 234 valence electrons. The summed E-state index contributed by atoms with van der Waals surface area (Å²) in [6.07, 6.45) is 0. The fraction of sp³-hybridized carbons (Fsp3) is 0. The molecule has 0 amide bonds. The summed E-state index contributed by atoms with van der Waals surface area (Å²) in [7, 11) is 0. The van der Waals surface area contributed by atoms with Gasteiger partial charge in [-0.05, 0) is 23.3 Å². The second-order valence-corrected chi connectivity index (χ2v) is 14.3. The molecule has 0 N–H and O–H groups in total. The Kier molecular flexibility index (Phi) is 6.82. The Morgan fingerprint density at radius 2 is 0.660 bits per heavy atom. The maximum atomic E-state index is 5.14. The van der Waals surface area contributed by atoms with Gasteiger partial charge < -0.3 is 0 Å². The molecular formula is C44H26N4S2. The molecule has 10 rings (SSSR count). The van der Waals surface area contributed by atoms with Gasteiger partial charge in [0.25, 0.3) is 0 Å². The van der Waals surface area contributed by atoms with Crippen LogP contribution >= 0.6 is 22.7 Å². The third kappa shape index (κ3) is 4.88. The molecule has 50 heavy (non-hydrogen) atoms. The molecule has 0 saturated heterocycles. The quantitative estimate of drug-likeness (QED) is 0.182. The van der Waals surface area contributed by atoms with Crippen LogP contribution < -0.4 is 0 Å². The van der Waals surface area contributed by atoms with E-state index in [0.29, 0.717) is 0 Å². The molecule has 0 fully saturated rings. The highest BCUT2D eigenvalue weighted by Gasteiger charge is 2.18. The normalized spacial score (nSPS) is 11.6. The average Bonchev–Trinajstić information content (AvgIpc) is 3.77. The van der Waals surface area contributed by atoms with E-state index in [1.54, 1.807) is 22.7 Å². The Balaban J connectivity index is 1.03. The van der Waals surface area contributed by atoms with Gasteiger partial charge in [-0.1, -0.05) is 146 Å². The average molecular weight is 675 g/mol. The van der Waals surface area contributed by atoms with Gasteiger partial charge in [0, 0.05) is 42.4 Å². The van der Waals surface area contributed by atoms with Gasteiger partial charge in [-0.2, -0.15) is 0 Å². The first kappa shape index (κ1) is 28.9. The second-order valence-electron chi connectivity index (χ2n) is 12.2. The summed E-state index contributed by atoms with van der Waals surface area (Å²) in [6, 6.07) is 54.9. The summed E-state index contributed by atoms with van der Waals surface area (Å²) >= 11 is 3.51. The van der Waals surface area contributed by atoms with E-state index in [9.17, 15) is 0 Å². The molecule has 0 bridgehead atoms. The van der Waals surface area contributed by atoms with Gasteiger partial charge in [0.05, 0.1) is 31.8 Å². The molecule has 0 atom stereocenters. The minimum Gasteiger partial charge on any atom is -0.226 e. The zero-order chi connectivity index (χ0) is 33.0. The summed E-state index contributed by atoms with van der Waals surface area (Å²) in [6.45, 7) is 0. The summed E-state index contributed by atoms with van der Waals surface area (Å²) < 4.78 is 4.65. The smallest absolute Gasteiger partial charge is 0.160 e. The Bertz CT molecular complexity index is 2840. The van der Waals surface area contributed by atoms with Crippen molar-refractivity contribution in [2.24, 2.45) is 0 Å². The highest BCUT2D eigenvalue weighted by molar-refractivity contribution is 7.26. The van der Waals surface area contributed by atoms with Crippen LogP contribution in [0, 0.1) is 0 Å². The van der Waals surface area contributed by atoms with Crippen molar-refractivity contribution in [1.29, 1.82) is 0 Å². The molecule has 4 nitrogen and oxygen atoms in total. The number of thiophene rings is 2. The molecule has 0 saturated carbocycles. The maximum Gasteiger partial charge on any atom is 0.160 e. The highest BCUT2D eigenvalue weighted by atomic mass is 32.1. The molecular weight excluding hydrogens is 649 g/mol. The van der Waals surface area contributed by atoms with Crippen molar-refractivity contribution >= 4 is 63.3 Å². The standard InChI is InChI=1S/C44H26N4S2/c1-3-11-29(12-4-1)37-41-39(33-15-7-9-17-35(33)49-41)48-44(45-37)32-25-21-28(22-26-32)27-19-23-30(24-20-27)38-42-40(34-16-8-10-18-36(34)50-42)47-43(46-38)31-13-5-2-6-14-31/h1-26H. The predicted molar refractivity (Wildman–Crippen MR) is 211 cm³/mol. The predicted octanol–water partition coefficient (Wildman–Crippen LogP) is 12.3. The number of nitrogens with zero attached hydrogens (tertiary/aromatic N) is 4. The molecule has 0 aliphatic rings. The Hall–Kier alpha value is -6.08. The largest absolute Gasteiger partial charge is 0.226 e. The van der Waals surface area contributed by atoms with Crippen LogP contribution in [0.5, 0.6) is 0 Å². The molecule has 6 aromatic carbocycles. The van der Waals surface area contributed by atoms with Crippen LogP contribution in [0.25, 0.3) is 97.0 Å². The monoisotopic (exact) mass is 674 g/mol. The van der Waals surface area contributed by atoms with E-state index in [2.05, 4.69) is 133 Å². The number of fused-ring (bicyclic) bond motifs is 6. The fourth-order valence-electron chi connectivity index (χ4n) is 6.65. The van der Waals surface area contributed by atoms with Gasteiger partial charge >= 0.3 is 0 Å². The van der Waals surface area contributed by atoms with Crippen molar-refractivity contribution in [3.63, 3.8) is 0 Å². The number of hydrogen-bond acceptors (Lipinski definition) is 6. The number of aromatic nitrogens is 4. The van der Waals surface area contributed by atoms with E-state index < -0.39 is 0 Å². The molecule has 0 radical (unpaired) electrons. The van der Waals surface area contributed by atoms with Crippen molar-refractivity contribution in [3.8, 4) is 56.4 Å². The Labute approximate surface area is 296 Å². The summed E-state index contributed by atoms with van der Waals surface area (Å²) in [4.78, 5) is 20.5. The molecule has 4 heterocycles. The molecule has 0 aliphatic carbocycles. The lowest BCUT2D eigenvalue weighted by Crippen LogP contribution is -1.94. The zero-order valence-electron chi connectivity index (χ0n) is 26.6. The molecule has 0 aliphatic heterocycles. The van der Waals surface area contributed by atoms with Crippen LogP contribution in [-0.4, -0.2) is 19.9 Å². The summed E-state index contributed by atoms with van der Waals surface area (Å²) in [5, 5.41) is 2.33. The number of hydrogen-bond donors (Lipinski definition) is 0. The lowest BCUT2D eigenvalue weighted by Gasteiger charge is -2.09. The molecule has 4 aromatic heterocycles. The third-order valence-corrected chi connectivity index (χ3v) is 11.5. The molecule has 6 heteroatoms. The molecule has 0 unspecified atom stereocenters. The first-order valence-corrected chi connectivity index (χ1v) is 18.1. The third-order valence-electron chi connectivity index (χ3n) is 9.15. The van der Waals surface area contributed by atoms with Gasteiger partial charge in [-0.3, -0.25) is 0 Å². The fourth-order valence-corrected chi connectivity index (χ4v) is 8.95. The van der Waals surface area contributed by atoms with Crippen molar-refractivity contribution < 1.29 is 0 Å². The van der Waals surface area contributed by atoms with Gasteiger partial charge in [-0.15, -0.1) is 22.7 Å². The van der Waals surface area contributed by atoms with E-state index in [1.165, 1.54) is 9.40 Å². The minimum atomic E-state index is 0.729. The maximum absolute atomic E-state index is 5.14. The van der Waals surface area contributed by atoms with Crippen molar-refractivity contribution in [2.75, 3.05) is 0 Å². The lowest BCUT2D eigenvalue weighted by atomic mass is 10.0. The minimum absolute atomic E-state index is 0.729. The Morgan fingerprint density at radius 1 is 0.300 bits per heavy atom. The van der Waals surface area contributed by atoms with Crippen LogP contribution in [0.1, 0.15) is 0 Å². The van der Waals surface area contributed by atoms with Crippen molar-refractivity contribution in [2.45, 2.75) is 0 Å². The van der Waals surface area contributed by atoms with Crippen LogP contribution in [-0.2, 0) is 0 Å². The van der Waals surface area contributed by atoms with E-state index in [4.69, 9.17) is 19.9 Å². The number of rotatable bonds is 5. The van der Waals surface area contributed by atoms with Crippen molar-refractivity contribution in [1.82, 2.24) is 19.9 Å². The molecule has 0 spiro atoms. The summed E-state index contributed by atoms with van der Waals surface area (Å²) in [5.41, 5.74) is 10.4. The lowest BCUT2D eigenvalue weighted by molar-refractivity contribution is 1.24. The van der Waals surface area contributed by atoms with Gasteiger partial charge in [0.2, 0.25) is 0 Å². The topological polar surface area (TPSA) is 51.6 Å². The highest BCUT2D eigenvalue weighted by Crippen LogP contribution is 2.41. The van der Waals surface area contributed by atoms with Crippen LogP contribution in [0.15, 0.2) is 158 Å². The number of benzene rings is 6. The SMILES string of the molecule is c1ccc(-c2nc(-c3ccc(-c4ccc(-c5nc(-c6ccccc6)c6sc7ccccc7c6n5)cc4)cc3)c3sc4ccccc4c3n2)cc1. The van der Waals surface area contributed by atoms with Crippen LogP contribution in [0.4, 0.5) is 0 Å². The summed E-state index contributed by atoms with van der Waals surface area (Å²) in [5.74, 6) is 1.47. The first-order valence-electron chi connectivity index (χ1n) is 16.5. The van der Waals surface area contributed by atoms with Gasteiger partial charge in [0.1, 0.15) is 0 Å². The van der Waals surface area contributed by atoms with Gasteiger partial charge in [0.15, 0.2) is 11.6 Å². The Morgan fingerprint density at radius 3 is 1.16 bits per heavy atom. The van der Waals surface area contributed by atoms with Crippen LogP contribution in [0.2, 0.25) is 0 Å². The second kappa shape index (κ2) is 11.8.